The summed E-state index contributed by atoms with van der Waals surface area (Å²) >= 11 is 6.14. The largest absolute Gasteiger partial charge is 0.487 e. The fraction of sp³-hybridized carbons (Fsp3) is 0.207. The summed E-state index contributed by atoms with van der Waals surface area (Å²) in [5.74, 6) is 0.529. The van der Waals surface area contributed by atoms with Crippen molar-refractivity contribution >= 4 is 23.3 Å². The van der Waals surface area contributed by atoms with Crippen LogP contribution in [0.5, 0.6) is 5.75 Å². The molecule has 0 aliphatic carbocycles. The summed E-state index contributed by atoms with van der Waals surface area (Å²) in [5, 5.41) is 7.87. The maximum atomic E-state index is 13.0. The summed E-state index contributed by atoms with van der Waals surface area (Å²) in [6.07, 6.45) is 0.269. The van der Waals surface area contributed by atoms with Gasteiger partial charge >= 0.3 is 0 Å². The zero-order chi connectivity index (χ0) is 25.7. The number of amides is 1. The van der Waals surface area contributed by atoms with Gasteiger partial charge in [0.2, 0.25) is 0 Å². The molecule has 0 radical (unpaired) electrons. The van der Waals surface area contributed by atoms with Crippen molar-refractivity contribution in [2.75, 3.05) is 7.05 Å². The van der Waals surface area contributed by atoms with Crippen molar-refractivity contribution in [1.82, 2.24) is 15.1 Å². The Hall–Kier alpha value is -3.90. The summed E-state index contributed by atoms with van der Waals surface area (Å²) in [4.78, 5) is 25.0. The van der Waals surface area contributed by atoms with Crippen molar-refractivity contribution in [1.29, 1.82) is 0 Å². The molecule has 0 saturated carbocycles. The number of nitrogens with zero attached hydrogens (tertiary/aromatic N) is 2. The summed E-state index contributed by atoms with van der Waals surface area (Å²) in [7, 11) is 1.61. The van der Waals surface area contributed by atoms with Crippen LogP contribution < -0.4 is 10.1 Å². The van der Waals surface area contributed by atoms with Crippen molar-refractivity contribution in [2.45, 2.75) is 33.4 Å². The zero-order valence-corrected chi connectivity index (χ0v) is 21.3. The quantitative estimate of drug-likeness (QED) is 0.304. The van der Waals surface area contributed by atoms with Gasteiger partial charge in [0.1, 0.15) is 12.4 Å². The van der Waals surface area contributed by atoms with Gasteiger partial charge < -0.3 is 10.1 Å². The minimum Gasteiger partial charge on any atom is -0.487 e. The number of benzene rings is 3. The maximum absolute atomic E-state index is 13.0. The summed E-state index contributed by atoms with van der Waals surface area (Å²) < 4.78 is 7.66. The van der Waals surface area contributed by atoms with E-state index in [0.29, 0.717) is 35.1 Å². The lowest BCUT2D eigenvalue weighted by Gasteiger charge is -2.09. The van der Waals surface area contributed by atoms with Crippen LogP contribution in [0, 0.1) is 13.8 Å². The van der Waals surface area contributed by atoms with Gasteiger partial charge in [0.15, 0.2) is 5.78 Å². The van der Waals surface area contributed by atoms with Gasteiger partial charge in [-0.3, -0.25) is 14.3 Å². The van der Waals surface area contributed by atoms with Crippen molar-refractivity contribution in [3.05, 3.63) is 117 Å². The van der Waals surface area contributed by atoms with E-state index in [1.807, 2.05) is 79.2 Å². The molecule has 4 aromatic rings. The predicted molar refractivity (Wildman–Crippen MR) is 141 cm³/mol. The Morgan fingerprint density at radius 3 is 2.42 bits per heavy atom. The van der Waals surface area contributed by atoms with E-state index >= 15 is 0 Å². The Morgan fingerprint density at radius 2 is 1.69 bits per heavy atom. The number of halogens is 1. The van der Waals surface area contributed by atoms with Crippen LogP contribution >= 0.6 is 11.6 Å². The van der Waals surface area contributed by atoms with Crippen molar-refractivity contribution in [3.8, 4) is 5.75 Å². The average Bonchev–Trinajstić information content (AvgIpc) is 3.15. The number of carbonyl (C=O) groups is 2. The molecule has 3 aromatic carbocycles. The molecule has 0 aliphatic rings. The van der Waals surface area contributed by atoms with Gasteiger partial charge in [-0.05, 0) is 49.2 Å². The van der Waals surface area contributed by atoms with E-state index in [2.05, 4.69) is 10.4 Å². The van der Waals surface area contributed by atoms with Crippen molar-refractivity contribution in [3.63, 3.8) is 0 Å². The molecule has 1 aromatic heterocycles. The molecule has 0 saturated heterocycles. The van der Waals surface area contributed by atoms with Crippen LogP contribution in [0.4, 0.5) is 0 Å². The summed E-state index contributed by atoms with van der Waals surface area (Å²) in [6, 6.07) is 22.2. The molecule has 7 heteroatoms. The summed E-state index contributed by atoms with van der Waals surface area (Å²) in [5.41, 5.74) is 5.85. The topological polar surface area (TPSA) is 73.2 Å². The van der Waals surface area contributed by atoms with Crippen molar-refractivity contribution < 1.29 is 14.3 Å². The average molecular weight is 502 g/mol. The number of aromatic nitrogens is 2. The third kappa shape index (κ3) is 5.83. The Kier molecular flexibility index (Phi) is 7.86. The molecule has 0 bridgehead atoms. The molecule has 1 N–H and O–H groups in total. The first-order chi connectivity index (χ1) is 17.4. The van der Waals surface area contributed by atoms with Crippen LogP contribution in [0.3, 0.4) is 0 Å². The van der Waals surface area contributed by atoms with E-state index in [1.165, 1.54) is 0 Å². The normalized spacial score (nSPS) is 10.8. The minimum absolute atomic E-state index is 0.0286. The number of Topliss-reactive ketones (excluding diaryl/α,β-unsaturated/α-hetero) is 1. The lowest BCUT2D eigenvalue weighted by Crippen LogP contribution is -2.18. The molecule has 1 amide bonds. The molecule has 0 aliphatic heterocycles. The number of hydrogen-bond acceptors (Lipinski definition) is 4. The summed E-state index contributed by atoms with van der Waals surface area (Å²) in [6.45, 7) is 4.78. The van der Waals surface area contributed by atoms with Crippen LogP contribution in [0.1, 0.15) is 48.8 Å². The standard InChI is InChI=1S/C29H28ClN3O3/c1-19-25(20(2)33(32-19)17-22-7-6-8-24(15-22)29(35)31-3)16-27(34)23-13-11-21(12-14-23)18-36-28-10-5-4-9-26(28)30/h4-15H,16-18H2,1-3H3,(H,31,35). The second-order valence-electron chi connectivity index (χ2n) is 8.60. The van der Waals surface area contributed by atoms with Crippen LogP contribution in [-0.4, -0.2) is 28.5 Å². The van der Waals surface area contributed by atoms with Crippen LogP contribution in [0.15, 0.2) is 72.8 Å². The molecule has 1 heterocycles. The lowest BCUT2D eigenvalue weighted by molar-refractivity contribution is 0.0961. The number of aryl methyl sites for hydroxylation is 1. The highest BCUT2D eigenvalue weighted by atomic mass is 35.5. The Morgan fingerprint density at radius 1 is 0.944 bits per heavy atom. The molecule has 36 heavy (non-hydrogen) atoms. The maximum Gasteiger partial charge on any atom is 0.251 e. The van der Waals surface area contributed by atoms with Gasteiger partial charge in [-0.2, -0.15) is 5.10 Å². The van der Waals surface area contributed by atoms with Crippen LogP contribution in [0.25, 0.3) is 0 Å². The second kappa shape index (κ2) is 11.2. The lowest BCUT2D eigenvalue weighted by atomic mass is 10.0. The van der Waals surface area contributed by atoms with E-state index in [0.717, 1.165) is 28.1 Å². The number of rotatable bonds is 9. The number of para-hydroxylation sites is 1. The third-order valence-corrected chi connectivity index (χ3v) is 6.44. The number of hydrogen-bond donors (Lipinski definition) is 1. The van der Waals surface area contributed by atoms with E-state index in [1.54, 1.807) is 19.2 Å². The molecule has 6 nitrogen and oxygen atoms in total. The van der Waals surface area contributed by atoms with Gasteiger partial charge in [-0.1, -0.05) is 60.1 Å². The highest BCUT2D eigenvalue weighted by Crippen LogP contribution is 2.24. The van der Waals surface area contributed by atoms with Crippen molar-refractivity contribution in [2.24, 2.45) is 0 Å². The molecule has 4 rings (SSSR count). The van der Waals surface area contributed by atoms with Crippen LogP contribution in [-0.2, 0) is 19.6 Å². The predicted octanol–water partition coefficient (Wildman–Crippen LogP) is 5.57. The zero-order valence-electron chi connectivity index (χ0n) is 20.5. The first-order valence-corrected chi connectivity index (χ1v) is 12.1. The fourth-order valence-electron chi connectivity index (χ4n) is 4.04. The van der Waals surface area contributed by atoms with Crippen LogP contribution in [0.2, 0.25) is 5.02 Å². The fourth-order valence-corrected chi connectivity index (χ4v) is 4.23. The number of carbonyl (C=O) groups excluding carboxylic acids is 2. The van der Waals surface area contributed by atoms with Gasteiger partial charge in [0.05, 0.1) is 17.3 Å². The smallest absolute Gasteiger partial charge is 0.251 e. The Balaban J connectivity index is 1.42. The molecule has 0 atom stereocenters. The number of ether oxygens (including phenoxy) is 1. The molecule has 0 spiro atoms. The SMILES string of the molecule is CNC(=O)c1cccc(Cn2nc(C)c(CC(=O)c3ccc(COc4ccccc4Cl)cc3)c2C)c1. The molecule has 0 unspecified atom stereocenters. The first-order valence-electron chi connectivity index (χ1n) is 11.7. The van der Waals surface area contributed by atoms with E-state index in [9.17, 15) is 9.59 Å². The highest BCUT2D eigenvalue weighted by Gasteiger charge is 2.17. The van der Waals surface area contributed by atoms with E-state index in [4.69, 9.17) is 16.3 Å². The second-order valence-corrected chi connectivity index (χ2v) is 9.01. The number of nitrogens with one attached hydrogen (secondary N) is 1. The minimum atomic E-state index is -0.127. The molecular weight excluding hydrogens is 474 g/mol. The van der Waals surface area contributed by atoms with E-state index < -0.39 is 0 Å². The number of ketones is 1. The van der Waals surface area contributed by atoms with Gasteiger partial charge in [-0.15, -0.1) is 0 Å². The van der Waals surface area contributed by atoms with Gasteiger partial charge in [0, 0.05) is 35.9 Å². The van der Waals surface area contributed by atoms with E-state index in [-0.39, 0.29) is 18.1 Å². The molecular formula is C29H28ClN3O3. The Bertz CT molecular complexity index is 1390. The van der Waals surface area contributed by atoms with Gasteiger partial charge in [0.25, 0.3) is 5.91 Å². The third-order valence-electron chi connectivity index (χ3n) is 6.12. The highest BCUT2D eigenvalue weighted by molar-refractivity contribution is 6.32. The molecule has 0 fully saturated rings. The van der Waals surface area contributed by atoms with Gasteiger partial charge in [-0.25, -0.2) is 0 Å². The Labute approximate surface area is 215 Å². The molecule has 184 valence electrons. The monoisotopic (exact) mass is 501 g/mol. The first kappa shape index (κ1) is 25.2.